The summed E-state index contributed by atoms with van der Waals surface area (Å²) in [4.78, 5) is 15.7. The number of nitrogens with one attached hydrogen (secondary N) is 1. The highest BCUT2D eigenvalue weighted by atomic mass is 35.5. The van der Waals surface area contributed by atoms with Gasteiger partial charge in [-0.2, -0.15) is 0 Å². The van der Waals surface area contributed by atoms with Crippen molar-refractivity contribution in [2.24, 2.45) is 5.92 Å². The zero-order valence-corrected chi connectivity index (χ0v) is 14.8. The van der Waals surface area contributed by atoms with E-state index in [-0.39, 0.29) is 30.3 Å². The van der Waals surface area contributed by atoms with Crippen LogP contribution in [-0.2, 0) is 9.53 Å². The molecule has 130 valence electrons. The van der Waals surface area contributed by atoms with Crippen LogP contribution in [0, 0.1) is 5.92 Å². The molecule has 3 rings (SSSR count). The van der Waals surface area contributed by atoms with Gasteiger partial charge in [0, 0.05) is 23.8 Å². The fraction of sp³-hybridized carbons (Fsp3) is 0.688. The molecule has 0 aromatic carbocycles. The topological polar surface area (TPSA) is 61.8 Å². The van der Waals surface area contributed by atoms with E-state index in [1.165, 1.54) is 0 Å². The highest BCUT2D eigenvalue weighted by Crippen LogP contribution is 2.27. The first-order valence-corrected chi connectivity index (χ1v) is 8.94. The van der Waals surface area contributed by atoms with Gasteiger partial charge in [0.25, 0.3) is 0 Å². The third-order valence-electron chi connectivity index (χ3n) is 4.57. The van der Waals surface area contributed by atoms with Crippen molar-refractivity contribution in [3.05, 3.63) is 22.4 Å². The number of rotatable bonds is 4. The molecule has 7 heteroatoms. The Balaban J connectivity index is 0.00000192. The average molecular weight is 361 g/mol. The van der Waals surface area contributed by atoms with Gasteiger partial charge in [-0.05, 0) is 37.4 Å². The van der Waals surface area contributed by atoms with Crippen LogP contribution in [0.15, 0.2) is 17.5 Å². The molecule has 1 amide bonds. The Kier molecular flexibility index (Phi) is 7.30. The van der Waals surface area contributed by atoms with E-state index in [0.717, 1.165) is 30.8 Å². The van der Waals surface area contributed by atoms with Crippen molar-refractivity contribution < 1.29 is 14.6 Å². The van der Waals surface area contributed by atoms with E-state index in [1.54, 1.807) is 11.3 Å². The van der Waals surface area contributed by atoms with E-state index >= 15 is 0 Å². The highest BCUT2D eigenvalue weighted by Gasteiger charge is 2.33. The lowest BCUT2D eigenvalue weighted by Gasteiger charge is -2.39. The zero-order valence-electron chi connectivity index (χ0n) is 13.1. The summed E-state index contributed by atoms with van der Waals surface area (Å²) in [6.07, 6.45) is 1.86. The minimum atomic E-state index is -0.518. The Morgan fingerprint density at radius 3 is 2.96 bits per heavy atom. The zero-order chi connectivity index (χ0) is 15.4. The number of hydrogen-bond donors (Lipinski definition) is 2. The fourth-order valence-corrected chi connectivity index (χ4v) is 4.02. The van der Waals surface area contributed by atoms with Crippen molar-refractivity contribution in [3.8, 4) is 0 Å². The first kappa shape index (κ1) is 18.7. The third-order valence-corrected chi connectivity index (χ3v) is 5.54. The number of morpholine rings is 1. The van der Waals surface area contributed by atoms with Gasteiger partial charge in [0.2, 0.25) is 5.91 Å². The SMILES string of the molecule is Cl.O=C(C1CCNCC1)N1CCOCC1CC(O)c1cccs1. The molecule has 1 aromatic rings. The summed E-state index contributed by atoms with van der Waals surface area (Å²) in [5.41, 5.74) is 0. The van der Waals surface area contributed by atoms with Crippen molar-refractivity contribution >= 4 is 29.7 Å². The third kappa shape index (κ3) is 4.67. The Hall–Kier alpha value is -0.660. The number of thiophene rings is 1. The number of aliphatic hydroxyl groups excluding tert-OH is 1. The molecular weight excluding hydrogens is 336 g/mol. The second kappa shape index (κ2) is 8.99. The molecule has 2 fully saturated rings. The van der Waals surface area contributed by atoms with Gasteiger partial charge in [-0.1, -0.05) is 6.07 Å². The van der Waals surface area contributed by atoms with E-state index in [9.17, 15) is 9.90 Å². The Morgan fingerprint density at radius 1 is 1.48 bits per heavy atom. The van der Waals surface area contributed by atoms with E-state index in [4.69, 9.17) is 4.74 Å². The van der Waals surface area contributed by atoms with Crippen LogP contribution in [-0.4, -0.2) is 54.8 Å². The molecule has 1 aromatic heterocycles. The molecule has 3 heterocycles. The van der Waals surface area contributed by atoms with Crippen molar-refractivity contribution in [1.82, 2.24) is 10.2 Å². The maximum atomic E-state index is 12.8. The molecular formula is C16H25ClN2O3S. The lowest BCUT2D eigenvalue weighted by atomic mass is 9.94. The molecule has 2 atom stereocenters. The number of carbonyl (C=O) groups excluding carboxylic acids is 1. The van der Waals surface area contributed by atoms with Crippen LogP contribution in [0.1, 0.15) is 30.2 Å². The highest BCUT2D eigenvalue weighted by molar-refractivity contribution is 7.10. The largest absolute Gasteiger partial charge is 0.387 e. The number of carbonyl (C=O) groups is 1. The lowest BCUT2D eigenvalue weighted by molar-refractivity contribution is -0.146. The molecule has 0 aliphatic carbocycles. The molecule has 0 saturated carbocycles. The van der Waals surface area contributed by atoms with Crippen LogP contribution in [0.2, 0.25) is 0 Å². The van der Waals surface area contributed by atoms with Gasteiger partial charge < -0.3 is 20.1 Å². The van der Waals surface area contributed by atoms with Gasteiger partial charge in [0.15, 0.2) is 0 Å². The van der Waals surface area contributed by atoms with E-state index in [0.29, 0.717) is 26.2 Å². The molecule has 2 aliphatic heterocycles. The van der Waals surface area contributed by atoms with Crippen LogP contribution in [0.25, 0.3) is 0 Å². The fourth-order valence-electron chi connectivity index (χ4n) is 3.30. The summed E-state index contributed by atoms with van der Waals surface area (Å²) in [6, 6.07) is 3.87. The van der Waals surface area contributed by atoms with Crippen LogP contribution in [0.4, 0.5) is 0 Å². The smallest absolute Gasteiger partial charge is 0.226 e. The van der Waals surface area contributed by atoms with E-state index < -0.39 is 6.10 Å². The van der Waals surface area contributed by atoms with Gasteiger partial charge in [-0.25, -0.2) is 0 Å². The summed E-state index contributed by atoms with van der Waals surface area (Å²) in [5.74, 6) is 0.369. The van der Waals surface area contributed by atoms with Crippen molar-refractivity contribution in [2.45, 2.75) is 31.4 Å². The maximum absolute atomic E-state index is 12.8. The first-order chi connectivity index (χ1) is 10.8. The van der Waals surface area contributed by atoms with Crippen LogP contribution in [0.3, 0.4) is 0 Å². The predicted octanol–water partition coefficient (Wildman–Crippen LogP) is 1.82. The summed E-state index contributed by atoms with van der Waals surface area (Å²) >= 11 is 1.55. The van der Waals surface area contributed by atoms with Gasteiger partial charge in [-0.3, -0.25) is 4.79 Å². The number of ether oxygens (including phenoxy) is 1. The van der Waals surface area contributed by atoms with Crippen LogP contribution < -0.4 is 5.32 Å². The van der Waals surface area contributed by atoms with Gasteiger partial charge in [-0.15, -0.1) is 23.7 Å². The molecule has 2 unspecified atom stereocenters. The average Bonchev–Trinajstić information content (AvgIpc) is 3.10. The number of amides is 1. The van der Waals surface area contributed by atoms with Crippen LogP contribution in [0.5, 0.6) is 0 Å². The number of aliphatic hydroxyl groups is 1. The second-order valence-corrected chi connectivity index (χ2v) is 7.03. The minimum absolute atomic E-state index is 0. The molecule has 5 nitrogen and oxygen atoms in total. The molecule has 23 heavy (non-hydrogen) atoms. The monoisotopic (exact) mass is 360 g/mol. The molecule has 0 bridgehead atoms. The normalized spacial score (nSPS) is 24.0. The standard InChI is InChI=1S/C16H24N2O3S.ClH/c19-14(15-2-1-9-22-15)10-13-11-21-8-7-18(13)16(20)12-3-5-17-6-4-12;/h1-2,9,12-14,17,19H,3-8,10-11H2;1H. The second-order valence-electron chi connectivity index (χ2n) is 6.05. The summed E-state index contributed by atoms with van der Waals surface area (Å²) < 4.78 is 5.55. The maximum Gasteiger partial charge on any atom is 0.226 e. The Labute approximate surface area is 147 Å². The summed E-state index contributed by atoms with van der Waals surface area (Å²) in [5, 5.41) is 15.6. The van der Waals surface area contributed by atoms with Crippen molar-refractivity contribution in [1.29, 1.82) is 0 Å². The summed E-state index contributed by atoms with van der Waals surface area (Å²) in [7, 11) is 0. The number of hydrogen-bond acceptors (Lipinski definition) is 5. The van der Waals surface area contributed by atoms with Gasteiger partial charge in [0.1, 0.15) is 0 Å². The summed E-state index contributed by atoms with van der Waals surface area (Å²) in [6.45, 7) is 3.61. The van der Waals surface area contributed by atoms with E-state index in [1.807, 2.05) is 22.4 Å². The number of halogens is 1. The lowest BCUT2D eigenvalue weighted by Crippen LogP contribution is -2.52. The first-order valence-electron chi connectivity index (χ1n) is 8.06. The molecule has 0 spiro atoms. The van der Waals surface area contributed by atoms with Gasteiger partial charge >= 0.3 is 0 Å². The minimum Gasteiger partial charge on any atom is -0.387 e. The Bertz CT molecular complexity index is 480. The molecule has 2 saturated heterocycles. The predicted molar refractivity (Wildman–Crippen MR) is 93.1 cm³/mol. The quantitative estimate of drug-likeness (QED) is 0.859. The number of nitrogens with zero attached hydrogens (tertiary/aromatic N) is 1. The molecule has 0 radical (unpaired) electrons. The van der Waals surface area contributed by atoms with Crippen molar-refractivity contribution in [2.75, 3.05) is 32.8 Å². The Morgan fingerprint density at radius 2 is 2.26 bits per heavy atom. The van der Waals surface area contributed by atoms with Crippen molar-refractivity contribution in [3.63, 3.8) is 0 Å². The molecule has 2 aliphatic rings. The van der Waals surface area contributed by atoms with E-state index in [2.05, 4.69) is 5.32 Å². The number of piperidine rings is 1. The van der Waals surface area contributed by atoms with Gasteiger partial charge in [0.05, 0.1) is 25.4 Å². The molecule has 2 N–H and O–H groups in total. The van der Waals surface area contributed by atoms with Crippen LogP contribution >= 0.6 is 23.7 Å².